The molecule has 0 aliphatic heterocycles. The van der Waals surface area contributed by atoms with Gasteiger partial charge in [-0.3, -0.25) is 0 Å². The Labute approximate surface area is 128 Å². The average molecular weight is 339 g/mol. The van der Waals surface area contributed by atoms with Crippen LogP contribution in [0.3, 0.4) is 0 Å². The molecule has 2 atom stereocenters. The second kappa shape index (κ2) is 6.56. The minimum Gasteiger partial charge on any atom is -0.304 e. The fraction of sp³-hybridized carbons (Fsp3) is 0.250. The molecule has 0 heterocycles. The van der Waals surface area contributed by atoms with Gasteiger partial charge in [-0.25, -0.2) is 0 Å². The van der Waals surface area contributed by atoms with E-state index in [2.05, 4.69) is 59.4 Å². The zero-order chi connectivity index (χ0) is 13.8. The van der Waals surface area contributed by atoms with Gasteiger partial charge in [0, 0.05) is 21.6 Å². The molecule has 0 amide bonds. The topological polar surface area (TPSA) is 12.0 Å². The van der Waals surface area contributed by atoms with Gasteiger partial charge in [-0.1, -0.05) is 63.9 Å². The van der Waals surface area contributed by atoms with Crippen molar-refractivity contribution in [3.05, 3.63) is 69.2 Å². The molecule has 1 N–H and O–H groups in total. The standard InChI is InChI=1S/C16H17BrClN/c1-11(13-7-3-5-9-15(13)17)19-12(2)14-8-4-6-10-16(14)18/h3-12,19H,1-2H3/t11-,12?/m0/s1. The van der Waals surface area contributed by atoms with Crippen LogP contribution in [0.1, 0.15) is 37.1 Å². The van der Waals surface area contributed by atoms with Crippen molar-refractivity contribution in [2.24, 2.45) is 0 Å². The molecule has 19 heavy (non-hydrogen) atoms. The summed E-state index contributed by atoms with van der Waals surface area (Å²) in [4.78, 5) is 0. The molecule has 0 saturated heterocycles. The first kappa shape index (κ1) is 14.6. The van der Waals surface area contributed by atoms with E-state index in [0.717, 1.165) is 15.1 Å². The second-order valence-corrected chi connectivity index (χ2v) is 5.91. The maximum absolute atomic E-state index is 6.23. The summed E-state index contributed by atoms with van der Waals surface area (Å²) in [5.74, 6) is 0. The molecule has 2 aromatic rings. The van der Waals surface area contributed by atoms with Crippen LogP contribution in [-0.2, 0) is 0 Å². The van der Waals surface area contributed by atoms with Gasteiger partial charge in [0.25, 0.3) is 0 Å². The van der Waals surface area contributed by atoms with E-state index >= 15 is 0 Å². The van der Waals surface area contributed by atoms with Gasteiger partial charge in [-0.2, -0.15) is 0 Å². The molecule has 0 radical (unpaired) electrons. The van der Waals surface area contributed by atoms with Gasteiger partial charge in [0.15, 0.2) is 0 Å². The highest BCUT2D eigenvalue weighted by Gasteiger charge is 2.14. The van der Waals surface area contributed by atoms with Gasteiger partial charge in [0.2, 0.25) is 0 Å². The molecule has 0 fully saturated rings. The molecule has 0 spiro atoms. The highest BCUT2D eigenvalue weighted by Crippen LogP contribution is 2.27. The van der Waals surface area contributed by atoms with Crippen molar-refractivity contribution in [3.8, 4) is 0 Å². The summed E-state index contributed by atoms with van der Waals surface area (Å²) in [7, 11) is 0. The summed E-state index contributed by atoms with van der Waals surface area (Å²) in [6, 6.07) is 16.7. The van der Waals surface area contributed by atoms with Crippen LogP contribution in [0, 0.1) is 0 Å². The number of hydrogen-bond donors (Lipinski definition) is 1. The Hall–Kier alpha value is -0.830. The third kappa shape index (κ3) is 3.59. The van der Waals surface area contributed by atoms with Crippen LogP contribution in [0.2, 0.25) is 5.02 Å². The summed E-state index contributed by atoms with van der Waals surface area (Å²) in [5, 5.41) is 4.39. The number of benzene rings is 2. The number of rotatable bonds is 4. The van der Waals surface area contributed by atoms with E-state index in [1.54, 1.807) is 0 Å². The molecule has 2 aromatic carbocycles. The molecule has 0 aliphatic carbocycles. The molecular formula is C16H17BrClN. The van der Waals surface area contributed by atoms with E-state index in [4.69, 9.17) is 11.6 Å². The zero-order valence-corrected chi connectivity index (χ0v) is 13.4. The van der Waals surface area contributed by atoms with Gasteiger partial charge >= 0.3 is 0 Å². The molecule has 1 nitrogen and oxygen atoms in total. The Morgan fingerprint density at radius 1 is 0.895 bits per heavy atom. The zero-order valence-electron chi connectivity index (χ0n) is 11.0. The van der Waals surface area contributed by atoms with Crippen LogP contribution < -0.4 is 5.32 Å². The fourth-order valence-electron chi connectivity index (χ4n) is 2.21. The fourth-order valence-corrected chi connectivity index (χ4v) is 3.13. The van der Waals surface area contributed by atoms with Crippen LogP contribution in [0.15, 0.2) is 53.0 Å². The van der Waals surface area contributed by atoms with Gasteiger partial charge in [-0.05, 0) is 37.1 Å². The summed E-state index contributed by atoms with van der Waals surface area (Å²) >= 11 is 9.82. The van der Waals surface area contributed by atoms with Gasteiger partial charge in [0.1, 0.15) is 0 Å². The Bertz CT molecular complexity index is 506. The van der Waals surface area contributed by atoms with E-state index < -0.39 is 0 Å². The van der Waals surface area contributed by atoms with Crippen LogP contribution in [0.5, 0.6) is 0 Å². The monoisotopic (exact) mass is 337 g/mol. The van der Waals surface area contributed by atoms with Crippen molar-refractivity contribution in [3.63, 3.8) is 0 Å². The van der Waals surface area contributed by atoms with Gasteiger partial charge < -0.3 is 5.32 Å². The van der Waals surface area contributed by atoms with Crippen molar-refractivity contribution in [1.82, 2.24) is 5.32 Å². The van der Waals surface area contributed by atoms with Crippen molar-refractivity contribution < 1.29 is 0 Å². The predicted molar refractivity (Wildman–Crippen MR) is 85.6 cm³/mol. The van der Waals surface area contributed by atoms with Crippen LogP contribution in [0.4, 0.5) is 0 Å². The summed E-state index contributed by atoms with van der Waals surface area (Å²) < 4.78 is 1.13. The molecule has 0 bridgehead atoms. The quantitative estimate of drug-likeness (QED) is 0.774. The van der Waals surface area contributed by atoms with Crippen molar-refractivity contribution in [2.45, 2.75) is 25.9 Å². The van der Waals surface area contributed by atoms with Crippen LogP contribution >= 0.6 is 27.5 Å². The van der Waals surface area contributed by atoms with E-state index in [0.29, 0.717) is 0 Å². The number of nitrogens with one attached hydrogen (secondary N) is 1. The Morgan fingerprint density at radius 2 is 1.42 bits per heavy atom. The predicted octanol–water partition coefficient (Wildman–Crippen LogP) is 5.51. The summed E-state index contributed by atoms with van der Waals surface area (Å²) in [6.45, 7) is 4.29. The van der Waals surface area contributed by atoms with E-state index in [-0.39, 0.29) is 12.1 Å². The minimum atomic E-state index is 0.204. The number of halogens is 2. The van der Waals surface area contributed by atoms with E-state index in [9.17, 15) is 0 Å². The molecule has 0 aromatic heterocycles. The highest BCUT2D eigenvalue weighted by atomic mass is 79.9. The lowest BCUT2D eigenvalue weighted by Gasteiger charge is -2.22. The molecule has 100 valence electrons. The van der Waals surface area contributed by atoms with Gasteiger partial charge in [0.05, 0.1) is 0 Å². The van der Waals surface area contributed by atoms with Crippen molar-refractivity contribution in [2.75, 3.05) is 0 Å². The van der Waals surface area contributed by atoms with E-state index in [1.165, 1.54) is 5.56 Å². The lowest BCUT2D eigenvalue weighted by Crippen LogP contribution is -2.23. The molecule has 3 heteroatoms. The first-order valence-electron chi connectivity index (χ1n) is 6.34. The third-order valence-electron chi connectivity index (χ3n) is 3.24. The largest absolute Gasteiger partial charge is 0.304 e. The first-order chi connectivity index (χ1) is 9.09. The summed E-state index contributed by atoms with van der Waals surface area (Å²) in [6.07, 6.45) is 0. The maximum atomic E-state index is 6.23. The lowest BCUT2D eigenvalue weighted by atomic mass is 10.0. The SMILES string of the molecule is CC(N[C@@H](C)c1ccccc1Br)c1ccccc1Cl. The molecule has 1 unspecified atom stereocenters. The van der Waals surface area contributed by atoms with Gasteiger partial charge in [-0.15, -0.1) is 0 Å². The van der Waals surface area contributed by atoms with E-state index in [1.807, 2.05) is 24.3 Å². The Morgan fingerprint density at radius 3 is 2.05 bits per heavy atom. The highest BCUT2D eigenvalue weighted by molar-refractivity contribution is 9.10. The first-order valence-corrected chi connectivity index (χ1v) is 7.51. The maximum Gasteiger partial charge on any atom is 0.0453 e. The molecule has 0 saturated carbocycles. The summed E-state index contributed by atoms with van der Waals surface area (Å²) in [5.41, 5.74) is 2.38. The van der Waals surface area contributed by atoms with Crippen LogP contribution in [-0.4, -0.2) is 0 Å². The van der Waals surface area contributed by atoms with Crippen molar-refractivity contribution >= 4 is 27.5 Å². The number of hydrogen-bond acceptors (Lipinski definition) is 1. The normalized spacial score (nSPS) is 14.1. The third-order valence-corrected chi connectivity index (χ3v) is 4.31. The molecule has 0 aliphatic rings. The Balaban J connectivity index is 2.13. The minimum absolute atomic E-state index is 0.204. The smallest absolute Gasteiger partial charge is 0.0453 e. The second-order valence-electron chi connectivity index (χ2n) is 4.65. The average Bonchev–Trinajstić information content (AvgIpc) is 2.39. The van der Waals surface area contributed by atoms with Crippen molar-refractivity contribution in [1.29, 1.82) is 0 Å². The lowest BCUT2D eigenvalue weighted by molar-refractivity contribution is 0.493. The molecule has 2 rings (SSSR count). The Kier molecular flexibility index (Phi) is 5.03. The molecular weight excluding hydrogens is 322 g/mol. The van der Waals surface area contributed by atoms with Crippen LogP contribution in [0.25, 0.3) is 0 Å².